The second kappa shape index (κ2) is 5.46. The van der Waals surface area contributed by atoms with Gasteiger partial charge in [-0.2, -0.15) is 5.26 Å². The van der Waals surface area contributed by atoms with Crippen LogP contribution in [0.5, 0.6) is 0 Å². The van der Waals surface area contributed by atoms with Gasteiger partial charge in [0.2, 0.25) is 0 Å². The van der Waals surface area contributed by atoms with Crippen LogP contribution in [-0.4, -0.2) is 8.42 Å². The van der Waals surface area contributed by atoms with Crippen LogP contribution in [0.15, 0.2) is 41.3 Å². The van der Waals surface area contributed by atoms with Crippen molar-refractivity contribution in [3.63, 3.8) is 0 Å². The molecular weight excluding hydrogens is 305 g/mol. The van der Waals surface area contributed by atoms with Gasteiger partial charge >= 0.3 is 0 Å². The van der Waals surface area contributed by atoms with E-state index >= 15 is 0 Å². The minimum absolute atomic E-state index is 0.0867. The first-order valence-corrected chi connectivity index (χ1v) is 6.99. The topological polar surface area (TPSA) is 70.0 Å². The van der Waals surface area contributed by atoms with E-state index in [0.717, 1.165) is 6.07 Å². The Labute approximate surface area is 118 Å². The number of benzene rings is 2. The van der Waals surface area contributed by atoms with Crippen LogP contribution in [0, 0.1) is 28.8 Å². The highest BCUT2D eigenvalue weighted by atomic mass is 32.2. The summed E-state index contributed by atoms with van der Waals surface area (Å²) in [5.41, 5.74) is -0.639. The Kier molecular flexibility index (Phi) is 3.86. The maximum atomic E-state index is 13.4. The summed E-state index contributed by atoms with van der Waals surface area (Å²) < 4.78 is 65.1. The highest BCUT2D eigenvalue weighted by Crippen LogP contribution is 2.22. The van der Waals surface area contributed by atoms with Gasteiger partial charge in [0, 0.05) is 12.1 Å². The number of hydrogen-bond donors (Lipinski definition) is 1. The lowest BCUT2D eigenvalue weighted by Gasteiger charge is -2.09. The molecule has 4 nitrogen and oxygen atoms in total. The largest absolute Gasteiger partial charge is 0.277 e. The van der Waals surface area contributed by atoms with E-state index in [4.69, 9.17) is 5.26 Å². The van der Waals surface area contributed by atoms with E-state index in [1.165, 1.54) is 18.2 Å². The second-order valence-corrected chi connectivity index (χ2v) is 5.67. The SMILES string of the molecule is N#Cc1cccc(S(=O)(=O)Nc2cc(F)c(F)cc2F)c1. The molecule has 0 aliphatic carbocycles. The van der Waals surface area contributed by atoms with Gasteiger partial charge in [-0.15, -0.1) is 0 Å². The Morgan fingerprint density at radius 1 is 1.00 bits per heavy atom. The van der Waals surface area contributed by atoms with Crippen molar-refractivity contribution in [2.75, 3.05) is 4.72 Å². The molecule has 0 saturated heterocycles. The first kappa shape index (κ1) is 14.9. The van der Waals surface area contributed by atoms with Crippen LogP contribution in [0.2, 0.25) is 0 Å². The van der Waals surface area contributed by atoms with Gasteiger partial charge < -0.3 is 0 Å². The van der Waals surface area contributed by atoms with E-state index in [1.54, 1.807) is 10.8 Å². The van der Waals surface area contributed by atoms with Crippen molar-refractivity contribution in [1.82, 2.24) is 0 Å². The normalized spacial score (nSPS) is 11.0. The minimum Gasteiger partial charge on any atom is -0.277 e. The smallest absolute Gasteiger partial charge is 0.262 e. The lowest BCUT2D eigenvalue weighted by Crippen LogP contribution is -2.14. The van der Waals surface area contributed by atoms with Crippen LogP contribution in [0.3, 0.4) is 0 Å². The fourth-order valence-electron chi connectivity index (χ4n) is 1.54. The summed E-state index contributed by atoms with van der Waals surface area (Å²) in [7, 11) is -4.23. The molecule has 0 amide bonds. The maximum Gasteiger partial charge on any atom is 0.262 e. The fraction of sp³-hybridized carbons (Fsp3) is 0. The summed E-state index contributed by atoms with van der Waals surface area (Å²) in [6, 6.07) is 7.35. The van der Waals surface area contributed by atoms with Gasteiger partial charge in [-0.1, -0.05) is 6.07 Å². The van der Waals surface area contributed by atoms with E-state index < -0.39 is 33.2 Å². The van der Waals surface area contributed by atoms with Gasteiger partial charge in [0.05, 0.1) is 22.2 Å². The van der Waals surface area contributed by atoms with E-state index in [0.29, 0.717) is 6.07 Å². The molecule has 2 rings (SSSR count). The summed E-state index contributed by atoms with van der Waals surface area (Å²) in [4.78, 5) is -0.300. The highest BCUT2D eigenvalue weighted by Gasteiger charge is 2.18. The van der Waals surface area contributed by atoms with Gasteiger partial charge in [0.1, 0.15) is 5.82 Å². The van der Waals surface area contributed by atoms with Crippen LogP contribution in [0.4, 0.5) is 18.9 Å². The third kappa shape index (κ3) is 3.14. The number of anilines is 1. The quantitative estimate of drug-likeness (QED) is 0.886. The van der Waals surface area contributed by atoms with Crippen LogP contribution in [0.25, 0.3) is 0 Å². The fourth-order valence-corrected chi connectivity index (χ4v) is 2.64. The predicted octanol–water partition coefficient (Wildman–Crippen LogP) is 2.78. The average Bonchev–Trinajstić information content (AvgIpc) is 2.44. The van der Waals surface area contributed by atoms with Gasteiger partial charge in [0.15, 0.2) is 11.6 Å². The molecule has 108 valence electrons. The minimum atomic E-state index is -4.23. The number of nitrogens with zero attached hydrogens (tertiary/aromatic N) is 1. The summed E-state index contributed by atoms with van der Waals surface area (Å²) in [6.07, 6.45) is 0. The number of halogens is 3. The Balaban J connectivity index is 2.42. The summed E-state index contributed by atoms with van der Waals surface area (Å²) >= 11 is 0. The molecule has 0 aromatic heterocycles. The average molecular weight is 312 g/mol. The van der Waals surface area contributed by atoms with Crippen molar-refractivity contribution < 1.29 is 21.6 Å². The van der Waals surface area contributed by atoms with Crippen molar-refractivity contribution in [2.45, 2.75) is 4.90 Å². The molecule has 21 heavy (non-hydrogen) atoms. The first-order chi connectivity index (χ1) is 9.83. The molecule has 0 atom stereocenters. The zero-order chi connectivity index (χ0) is 15.6. The summed E-state index contributed by atoms with van der Waals surface area (Å²) in [5.74, 6) is -4.07. The van der Waals surface area contributed by atoms with Crippen molar-refractivity contribution in [3.8, 4) is 6.07 Å². The molecule has 0 radical (unpaired) electrons. The van der Waals surface area contributed by atoms with Crippen LogP contribution >= 0.6 is 0 Å². The molecule has 0 spiro atoms. The molecule has 0 heterocycles. The number of nitrogens with one attached hydrogen (secondary N) is 1. The van der Waals surface area contributed by atoms with E-state index in [2.05, 4.69) is 0 Å². The molecule has 2 aromatic carbocycles. The first-order valence-electron chi connectivity index (χ1n) is 5.51. The molecule has 2 aromatic rings. The zero-order valence-corrected chi connectivity index (χ0v) is 11.1. The standard InChI is InChI=1S/C13H7F3N2O2S/c14-10-5-12(16)13(6-11(10)15)18-21(19,20)9-3-1-2-8(4-9)7-17/h1-6,18H. The van der Waals surface area contributed by atoms with Crippen LogP contribution in [0.1, 0.15) is 5.56 Å². The molecule has 0 unspecified atom stereocenters. The molecule has 8 heteroatoms. The van der Waals surface area contributed by atoms with E-state index in [1.807, 2.05) is 0 Å². The number of sulfonamides is 1. The lowest BCUT2D eigenvalue weighted by molar-refractivity contribution is 0.496. The van der Waals surface area contributed by atoms with Gasteiger partial charge in [-0.05, 0) is 18.2 Å². The number of hydrogen-bond acceptors (Lipinski definition) is 3. The predicted molar refractivity (Wildman–Crippen MR) is 68.3 cm³/mol. The van der Waals surface area contributed by atoms with Crippen LogP contribution < -0.4 is 4.72 Å². The summed E-state index contributed by atoms with van der Waals surface area (Å²) in [5, 5.41) is 8.71. The Morgan fingerprint density at radius 3 is 2.33 bits per heavy atom. The lowest BCUT2D eigenvalue weighted by atomic mass is 10.2. The van der Waals surface area contributed by atoms with Crippen molar-refractivity contribution in [3.05, 3.63) is 59.4 Å². The zero-order valence-electron chi connectivity index (χ0n) is 10.3. The number of nitriles is 1. The molecule has 0 saturated carbocycles. The van der Waals surface area contributed by atoms with E-state index in [-0.39, 0.29) is 16.5 Å². The van der Waals surface area contributed by atoms with Crippen molar-refractivity contribution in [1.29, 1.82) is 5.26 Å². The van der Waals surface area contributed by atoms with Gasteiger partial charge in [-0.3, -0.25) is 4.72 Å². The number of rotatable bonds is 3. The van der Waals surface area contributed by atoms with Crippen molar-refractivity contribution >= 4 is 15.7 Å². The Hall–Kier alpha value is -2.53. The third-order valence-corrected chi connectivity index (χ3v) is 3.89. The van der Waals surface area contributed by atoms with Gasteiger partial charge in [0.25, 0.3) is 10.0 Å². The van der Waals surface area contributed by atoms with Crippen molar-refractivity contribution in [2.24, 2.45) is 0 Å². The Bertz CT molecular complexity index is 845. The maximum absolute atomic E-state index is 13.4. The Morgan fingerprint density at radius 2 is 1.67 bits per heavy atom. The monoisotopic (exact) mass is 312 g/mol. The second-order valence-electron chi connectivity index (χ2n) is 3.99. The molecule has 0 bridgehead atoms. The van der Waals surface area contributed by atoms with Gasteiger partial charge in [-0.25, -0.2) is 21.6 Å². The molecule has 0 aliphatic heterocycles. The molecule has 1 N–H and O–H groups in total. The van der Waals surface area contributed by atoms with E-state index in [9.17, 15) is 21.6 Å². The molecule has 0 aliphatic rings. The summed E-state index contributed by atoms with van der Waals surface area (Å²) in [6.45, 7) is 0. The molecular formula is C13H7F3N2O2S. The highest BCUT2D eigenvalue weighted by molar-refractivity contribution is 7.92. The van der Waals surface area contributed by atoms with Crippen LogP contribution in [-0.2, 0) is 10.0 Å². The third-order valence-electron chi connectivity index (χ3n) is 2.53. The molecule has 0 fully saturated rings.